The highest BCUT2D eigenvalue weighted by atomic mass is 16.5. The first kappa shape index (κ1) is 14.0. The van der Waals surface area contributed by atoms with E-state index in [1.807, 2.05) is 18.2 Å². The average Bonchev–Trinajstić information content (AvgIpc) is 2.26. The van der Waals surface area contributed by atoms with Crippen LogP contribution < -0.4 is 5.73 Å². The number of benzene rings is 1. The molecule has 17 heavy (non-hydrogen) atoms. The van der Waals surface area contributed by atoms with Crippen molar-refractivity contribution >= 4 is 5.69 Å². The van der Waals surface area contributed by atoms with Gasteiger partial charge in [0.2, 0.25) is 0 Å². The van der Waals surface area contributed by atoms with Crippen molar-refractivity contribution < 1.29 is 4.74 Å². The second-order valence-electron chi connectivity index (χ2n) is 4.72. The van der Waals surface area contributed by atoms with Gasteiger partial charge in [0.05, 0.1) is 12.7 Å². The highest BCUT2D eigenvalue weighted by Gasteiger charge is 2.01. The van der Waals surface area contributed by atoms with Crippen molar-refractivity contribution in [1.82, 2.24) is 4.90 Å². The molecular formula is C14H24N2O. The van der Waals surface area contributed by atoms with E-state index in [4.69, 9.17) is 10.5 Å². The van der Waals surface area contributed by atoms with Crippen molar-refractivity contribution in [3.8, 4) is 0 Å². The number of rotatable bonds is 7. The lowest BCUT2D eigenvalue weighted by Crippen LogP contribution is -2.26. The van der Waals surface area contributed by atoms with Crippen LogP contribution in [0.4, 0.5) is 5.69 Å². The zero-order valence-corrected chi connectivity index (χ0v) is 11.1. The van der Waals surface area contributed by atoms with Gasteiger partial charge in [-0.25, -0.2) is 0 Å². The van der Waals surface area contributed by atoms with Crippen molar-refractivity contribution in [1.29, 1.82) is 0 Å². The highest BCUT2D eigenvalue weighted by molar-refractivity contribution is 5.40. The van der Waals surface area contributed by atoms with Crippen LogP contribution in [0, 0.1) is 0 Å². The molecule has 0 fully saturated rings. The average molecular weight is 236 g/mol. The van der Waals surface area contributed by atoms with Crippen molar-refractivity contribution in [2.75, 3.05) is 32.5 Å². The standard InChI is InChI=1S/C14H24N2O/c1-12(2)17-10-9-16(3)8-7-13-5-4-6-14(15)11-13/h4-6,11-12H,7-10,15H2,1-3H3. The minimum Gasteiger partial charge on any atom is -0.399 e. The third-order valence-corrected chi connectivity index (χ3v) is 2.66. The van der Waals surface area contributed by atoms with Crippen molar-refractivity contribution in [2.24, 2.45) is 0 Å². The lowest BCUT2D eigenvalue weighted by molar-refractivity contribution is 0.0640. The van der Waals surface area contributed by atoms with Crippen LogP contribution in [0.15, 0.2) is 24.3 Å². The maximum absolute atomic E-state index is 5.74. The summed E-state index contributed by atoms with van der Waals surface area (Å²) in [6.45, 7) is 6.93. The summed E-state index contributed by atoms with van der Waals surface area (Å²) in [4.78, 5) is 2.28. The number of nitrogen functional groups attached to an aromatic ring is 1. The molecule has 0 saturated carbocycles. The van der Waals surface area contributed by atoms with Crippen LogP contribution >= 0.6 is 0 Å². The molecule has 0 aliphatic rings. The van der Waals surface area contributed by atoms with Crippen molar-refractivity contribution in [3.05, 3.63) is 29.8 Å². The quantitative estimate of drug-likeness (QED) is 0.737. The maximum Gasteiger partial charge on any atom is 0.0596 e. The monoisotopic (exact) mass is 236 g/mol. The number of nitrogens with zero attached hydrogens (tertiary/aromatic N) is 1. The highest BCUT2D eigenvalue weighted by Crippen LogP contribution is 2.07. The molecule has 2 N–H and O–H groups in total. The summed E-state index contributed by atoms with van der Waals surface area (Å²) in [5.74, 6) is 0. The van der Waals surface area contributed by atoms with E-state index in [9.17, 15) is 0 Å². The van der Waals surface area contributed by atoms with E-state index in [-0.39, 0.29) is 0 Å². The Morgan fingerprint density at radius 1 is 1.29 bits per heavy atom. The second kappa shape index (κ2) is 7.30. The Balaban J connectivity index is 2.21. The molecule has 0 saturated heterocycles. The van der Waals surface area contributed by atoms with Crippen LogP contribution in [0.25, 0.3) is 0 Å². The number of hydrogen-bond donors (Lipinski definition) is 1. The summed E-state index contributed by atoms with van der Waals surface area (Å²) in [5.41, 5.74) is 7.88. The first-order valence-corrected chi connectivity index (χ1v) is 6.22. The van der Waals surface area contributed by atoms with Gasteiger partial charge in [-0.15, -0.1) is 0 Å². The fourth-order valence-electron chi connectivity index (χ4n) is 1.62. The van der Waals surface area contributed by atoms with Crippen LogP contribution in [-0.4, -0.2) is 37.7 Å². The SMILES string of the molecule is CC(C)OCCN(C)CCc1cccc(N)c1. The van der Waals surface area contributed by atoms with Gasteiger partial charge in [-0.05, 0) is 45.0 Å². The van der Waals surface area contributed by atoms with E-state index in [2.05, 4.69) is 31.9 Å². The van der Waals surface area contributed by atoms with Crippen LogP contribution in [0.2, 0.25) is 0 Å². The van der Waals surface area contributed by atoms with Crippen LogP contribution in [0.5, 0.6) is 0 Å². The van der Waals surface area contributed by atoms with Gasteiger partial charge in [0.1, 0.15) is 0 Å². The first-order valence-electron chi connectivity index (χ1n) is 6.22. The summed E-state index contributed by atoms with van der Waals surface area (Å²) < 4.78 is 5.52. The molecule has 0 atom stereocenters. The number of nitrogens with two attached hydrogens (primary N) is 1. The van der Waals surface area contributed by atoms with Gasteiger partial charge in [0.15, 0.2) is 0 Å². The predicted molar refractivity (Wildman–Crippen MR) is 73.1 cm³/mol. The van der Waals surface area contributed by atoms with Gasteiger partial charge in [-0.3, -0.25) is 0 Å². The second-order valence-corrected chi connectivity index (χ2v) is 4.72. The molecule has 0 aliphatic carbocycles. The van der Waals surface area contributed by atoms with Crippen LogP contribution in [0.3, 0.4) is 0 Å². The van der Waals surface area contributed by atoms with Crippen LogP contribution in [0.1, 0.15) is 19.4 Å². The molecule has 1 rings (SSSR count). The van der Waals surface area contributed by atoms with Crippen LogP contribution in [-0.2, 0) is 11.2 Å². The molecule has 96 valence electrons. The molecule has 0 radical (unpaired) electrons. The lowest BCUT2D eigenvalue weighted by Gasteiger charge is -2.17. The van der Waals surface area contributed by atoms with E-state index < -0.39 is 0 Å². The summed E-state index contributed by atoms with van der Waals surface area (Å²) in [6.07, 6.45) is 1.35. The molecule has 3 nitrogen and oxygen atoms in total. The molecule has 0 amide bonds. The number of ether oxygens (including phenoxy) is 1. The summed E-state index contributed by atoms with van der Waals surface area (Å²) in [5, 5.41) is 0. The number of likely N-dealkylation sites (N-methyl/N-ethyl adjacent to an activating group) is 1. The smallest absolute Gasteiger partial charge is 0.0596 e. The fourth-order valence-corrected chi connectivity index (χ4v) is 1.62. The van der Waals surface area contributed by atoms with E-state index >= 15 is 0 Å². The Hall–Kier alpha value is -1.06. The largest absolute Gasteiger partial charge is 0.399 e. The van der Waals surface area contributed by atoms with Gasteiger partial charge in [-0.1, -0.05) is 12.1 Å². The summed E-state index contributed by atoms with van der Waals surface area (Å²) in [6, 6.07) is 8.09. The normalized spacial score (nSPS) is 11.4. The van der Waals surface area contributed by atoms with E-state index in [1.54, 1.807) is 0 Å². The van der Waals surface area contributed by atoms with Gasteiger partial charge in [-0.2, -0.15) is 0 Å². The molecule has 0 heterocycles. The topological polar surface area (TPSA) is 38.5 Å². The molecule has 1 aromatic carbocycles. The predicted octanol–water partition coefficient (Wildman–Crippen LogP) is 2.17. The molecule has 0 aliphatic heterocycles. The van der Waals surface area contributed by atoms with Gasteiger partial charge in [0.25, 0.3) is 0 Å². The molecule has 0 unspecified atom stereocenters. The molecule has 0 spiro atoms. The molecular weight excluding hydrogens is 212 g/mol. The molecule has 1 aromatic rings. The number of hydrogen-bond acceptors (Lipinski definition) is 3. The fraction of sp³-hybridized carbons (Fsp3) is 0.571. The minimum atomic E-state index is 0.317. The summed E-state index contributed by atoms with van der Waals surface area (Å²) >= 11 is 0. The Bertz CT molecular complexity index is 326. The minimum absolute atomic E-state index is 0.317. The Morgan fingerprint density at radius 3 is 2.71 bits per heavy atom. The van der Waals surface area contributed by atoms with Crippen molar-refractivity contribution in [3.63, 3.8) is 0 Å². The van der Waals surface area contributed by atoms with Gasteiger partial charge in [0, 0.05) is 18.8 Å². The van der Waals surface area contributed by atoms with E-state index in [1.165, 1.54) is 5.56 Å². The number of anilines is 1. The van der Waals surface area contributed by atoms with Gasteiger partial charge < -0.3 is 15.4 Å². The Kier molecular flexibility index (Phi) is 6.01. The summed E-state index contributed by atoms with van der Waals surface area (Å²) in [7, 11) is 2.12. The lowest BCUT2D eigenvalue weighted by atomic mass is 10.1. The Labute approximate surface area is 105 Å². The zero-order chi connectivity index (χ0) is 12.7. The van der Waals surface area contributed by atoms with E-state index in [0.717, 1.165) is 31.8 Å². The first-order chi connectivity index (χ1) is 8.08. The van der Waals surface area contributed by atoms with Crippen molar-refractivity contribution in [2.45, 2.75) is 26.4 Å². The Morgan fingerprint density at radius 2 is 2.06 bits per heavy atom. The molecule has 0 bridgehead atoms. The third kappa shape index (κ3) is 6.29. The van der Waals surface area contributed by atoms with Gasteiger partial charge >= 0.3 is 0 Å². The molecule has 3 heteroatoms. The third-order valence-electron chi connectivity index (χ3n) is 2.66. The zero-order valence-electron chi connectivity index (χ0n) is 11.1. The molecule has 0 aromatic heterocycles. The van der Waals surface area contributed by atoms with E-state index in [0.29, 0.717) is 6.10 Å². The maximum atomic E-state index is 5.74.